The van der Waals surface area contributed by atoms with Crippen molar-refractivity contribution in [3.05, 3.63) is 76.0 Å². The van der Waals surface area contributed by atoms with Crippen molar-refractivity contribution >= 4 is 54.8 Å². The second-order valence-electron chi connectivity index (χ2n) is 6.97. The Hall–Kier alpha value is -2.82. The van der Waals surface area contributed by atoms with Crippen LogP contribution < -0.4 is 19.1 Å². The summed E-state index contributed by atoms with van der Waals surface area (Å²) < 4.78 is 53.4. The highest BCUT2D eigenvalue weighted by molar-refractivity contribution is 9.10. The second-order valence-corrected chi connectivity index (χ2v) is 10.1. The van der Waals surface area contributed by atoms with Gasteiger partial charge in [0.25, 0.3) is 10.0 Å². The fourth-order valence-corrected chi connectivity index (χ4v) is 5.02. The number of rotatable bonds is 6. The molecule has 0 bridgehead atoms. The maximum absolute atomic E-state index is 13.9. The van der Waals surface area contributed by atoms with Gasteiger partial charge in [0, 0.05) is 16.2 Å². The Morgan fingerprint density at radius 2 is 1.82 bits per heavy atom. The highest BCUT2D eigenvalue weighted by Gasteiger charge is 2.29. The van der Waals surface area contributed by atoms with Crippen LogP contribution in [0.25, 0.3) is 0 Å². The van der Waals surface area contributed by atoms with Crippen LogP contribution in [0.2, 0.25) is 5.02 Å². The van der Waals surface area contributed by atoms with Crippen LogP contribution in [0.1, 0.15) is 0 Å². The maximum Gasteiger partial charge on any atom is 0.264 e. The van der Waals surface area contributed by atoms with Crippen molar-refractivity contribution in [2.24, 2.45) is 0 Å². The maximum atomic E-state index is 13.9. The largest absolute Gasteiger partial charge is 0.486 e. The minimum Gasteiger partial charge on any atom is -0.486 e. The Morgan fingerprint density at radius 3 is 2.55 bits per heavy atom. The third kappa shape index (κ3) is 5.23. The van der Waals surface area contributed by atoms with E-state index < -0.39 is 28.3 Å². The first-order valence-electron chi connectivity index (χ1n) is 9.67. The average molecular weight is 556 g/mol. The summed E-state index contributed by atoms with van der Waals surface area (Å²) in [7, 11) is -4.27. The summed E-state index contributed by atoms with van der Waals surface area (Å²) in [6, 6.07) is 13.9. The lowest BCUT2D eigenvalue weighted by atomic mass is 10.3. The number of nitrogens with zero attached hydrogens (tertiary/aromatic N) is 1. The van der Waals surface area contributed by atoms with Gasteiger partial charge in [-0.3, -0.25) is 9.10 Å². The van der Waals surface area contributed by atoms with E-state index in [-0.39, 0.29) is 22.9 Å². The Balaban J connectivity index is 1.67. The fourth-order valence-electron chi connectivity index (χ4n) is 3.16. The van der Waals surface area contributed by atoms with E-state index in [0.717, 1.165) is 10.4 Å². The molecule has 0 saturated carbocycles. The molecule has 0 radical (unpaired) electrons. The van der Waals surface area contributed by atoms with E-state index in [1.807, 2.05) is 0 Å². The van der Waals surface area contributed by atoms with E-state index in [1.54, 1.807) is 12.1 Å². The van der Waals surface area contributed by atoms with Crippen molar-refractivity contribution in [2.45, 2.75) is 4.90 Å². The van der Waals surface area contributed by atoms with Gasteiger partial charge < -0.3 is 14.8 Å². The molecular formula is C22H17BrClFN2O5S. The number of carbonyl (C=O) groups excluding carboxylic acids is 1. The van der Waals surface area contributed by atoms with Gasteiger partial charge >= 0.3 is 0 Å². The molecule has 0 aliphatic carbocycles. The molecule has 7 nitrogen and oxygen atoms in total. The number of nitrogens with one attached hydrogen (secondary N) is 1. The summed E-state index contributed by atoms with van der Waals surface area (Å²) in [6.45, 7) is 0.0327. The van der Waals surface area contributed by atoms with Crippen LogP contribution in [-0.4, -0.2) is 34.1 Å². The van der Waals surface area contributed by atoms with Crippen LogP contribution in [0, 0.1) is 5.82 Å². The first-order chi connectivity index (χ1) is 15.7. The summed E-state index contributed by atoms with van der Waals surface area (Å²) in [6.07, 6.45) is 0. The van der Waals surface area contributed by atoms with Crippen LogP contribution in [0.3, 0.4) is 0 Å². The van der Waals surface area contributed by atoms with Crippen molar-refractivity contribution in [3.63, 3.8) is 0 Å². The minimum atomic E-state index is -4.27. The van der Waals surface area contributed by atoms with Crippen LogP contribution in [0.5, 0.6) is 11.5 Å². The smallest absolute Gasteiger partial charge is 0.264 e. The van der Waals surface area contributed by atoms with Gasteiger partial charge in [-0.15, -0.1) is 0 Å². The summed E-state index contributed by atoms with van der Waals surface area (Å²) in [5.41, 5.74) is 0.373. The Morgan fingerprint density at radius 1 is 1.06 bits per heavy atom. The van der Waals surface area contributed by atoms with Gasteiger partial charge in [-0.1, -0.05) is 17.7 Å². The normalized spacial score (nSPS) is 12.8. The molecule has 172 valence electrons. The van der Waals surface area contributed by atoms with Crippen molar-refractivity contribution in [1.82, 2.24) is 0 Å². The summed E-state index contributed by atoms with van der Waals surface area (Å²) in [4.78, 5) is 12.6. The van der Waals surface area contributed by atoms with Crippen LogP contribution >= 0.6 is 27.5 Å². The van der Waals surface area contributed by atoms with E-state index in [2.05, 4.69) is 21.2 Å². The Kier molecular flexibility index (Phi) is 6.78. The van der Waals surface area contributed by atoms with Crippen molar-refractivity contribution in [1.29, 1.82) is 0 Å². The summed E-state index contributed by atoms with van der Waals surface area (Å²) in [5, 5.41) is 2.98. The number of anilines is 2. The summed E-state index contributed by atoms with van der Waals surface area (Å²) >= 11 is 9.32. The predicted octanol–water partition coefficient (Wildman–Crippen LogP) is 4.85. The molecule has 1 amide bonds. The Labute approximate surface area is 203 Å². The number of hydrogen-bond donors (Lipinski definition) is 1. The second kappa shape index (κ2) is 9.58. The number of fused-ring (bicyclic) bond motifs is 1. The van der Waals surface area contributed by atoms with Gasteiger partial charge in [0.05, 0.1) is 15.6 Å². The lowest BCUT2D eigenvalue weighted by Crippen LogP contribution is -2.38. The van der Waals surface area contributed by atoms with Crippen LogP contribution in [0.4, 0.5) is 15.8 Å². The van der Waals surface area contributed by atoms with E-state index in [9.17, 15) is 17.6 Å². The van der Waals surface area contributed by atoms with Gasteiger partial charge in [0.15, 0.2) is 11.5 Å². The third-order valence-corrected chi connectivity index (χ3v) is 7.69. The van der Waals surface area contributed by atoms with Crippen molar-refractivity contribution < 1.29 is 27.1 Å². The highest BCUT2D eigenvalue weighted by Crippen LogP contribution is 2.34. The molecule has 0 aromatic heterocycles. The highest BCUT2D eigenvalue weighted by atomic mass is 79.9. The van der Waals surface area contributed by atoms with E-state index in [1.165, 1.54) is 42.5 Å². The zero-order chi connectivity index (χ0) is 23.6. The minimum absolute atomic E-state index is 0.00567. The number of carbonyl (C=O) groups is 1. The molecule has 3 aromatic rings. The fraction of sp³-hybridized carbons (Fsp3) is 0.136. The topological polar surface area (TPSA) is 84.9 Å². The molecule has 1 N–H and O–H groups in total. The monoisotopic (exact) mass is 554 g/mol. The SMILES string of the molecule is O=C(CN(c1cccc(F)c1)S(=O)(=O)c1ccc2c(c1)OCCO2)Nc1ccc(Br)c(Cl)c1. The first kappa shape index (κ1) is 23.3. The molecule has 0 fully saturated rings. The van der Waals surface area contributed by atoms with E-state index in [4.69, 9.17) is 21.1 Å². The zero-order valence-electron chi connectivity index (χ0n) is 16.9. The number of amides is 1. The number of benzene rings is 3. The van der Waals surface area contributed by atoms with E-state index in [0.29, 0.717) is 27.5 Å². The standard InChI is InChI=1S/C22H17BrClFN2O5S/c23-18-6-4-15(11-19(18)24)26-22(28)13-27(16-3-1-2-14(25)10-16)33(29,30)17-5-7-20-21(12-17)32-9-8-31-20/h1-7,10-12H,8-9,13H2,(H,26,28). The number of sulfonamides is 1. The molecule has 4 rings (SSSR count). The molecule has 11 heteroatoms. The van der Waals surface area contributed by atoms with E-state index >= 15 is 0 Å². The predicted molar refractivity (Wildman–Crippen MR) is 126 cm³/mol. The molecule has 1 aliphatic rings. The van der Waals surface area contributed by atoms with Crippen LogP contribution in [0.15, 0.2) is 70.0 Å². The lowest BCUT2D eigenvalue weighted by molar-refractivity contribution is -0.114. The van der Waals surface area contributed by atoms with Crippen molar-refractivity contribution in [3.8, 4) is 11.5 Å². The zero-order valence-corrected chi connectivity index (χ0v) is 20.1. The molecule has 0 unspecified atom stereocenters. The molecule has 0 atom stereocenters. The van der Waals surface area contributed by atoms with Gasteiger partial charge in [0.2, 0.25) is 5.91 Å². The molecule has 1 aliphatic heterocycles. The Bertz CT molecular complexity index is 1320. The quantitative estimate of drug-likeness (QED) is 0.470. The van der Waals surface area contributed by atoms with Gasteiger partial charge in [0.1, 0.15) is 25.6 Å². The summed E-state index contributed by atoms with van der Waals surface area (Å²) in [5.74, 6) is -0.591. The average Bonchev–Trinajstić information content (AvgIpc) is 2.79. The molecule has 1 heterocycles. The van der Waals surface area contributed by atoms with Gasteiger partial charge in [-0.2, -0.15) is 0 Å². The van der Waals surface area contributed by atoms with Gasteiger partial charge in [-0.25, -0.2) is 12.8 Å². The van der Waals surface area contributed by atoms with Crippen molar-refractivity contribution in [2.75, 3.05) is 29.4 Å². The molecule has 0 saturated heterocycles. The van der Waals surface area contributed by atoms with Crippen LogP contribution in [-0.2, 0) is 14.8 Å². The molecular weight excluding hydrogens is 539 g/mol. The third-order valence-electron chi connectivity index (χ3n) is 4.69. The number of hydrogen-bond acceptors (Lipinski definition) is 5. The number of halogens is 3. The molecule has 3 aromatic carbocycles. The number of ether oxygens (including phenoxy) is 2. The lowest BCUT2D eigenvalue weighted by Gasteiger charge is -2.25. The molecule has 33 heavy (non-hydrogen) atoms. The first-order valence-corrected chi connectivity index (χ1v) is 12.3. The molecule has 0 spiro atoms. The van der Waals surface area contributed by atoms with Gasteiger partial charge in [-0.05, 0) is 64.5 Å².